The fourth-order valence-electron chi connectivity index (χ4n) is 1.34. The molecule has 2 N–H and O–H groups in total. The van der Waals surface area contributed by atoms with E-state index >= 15 is 0 Å². The minimum atomic E-state index is -0.374. The van der Waals surface area contributed by atoms with Crippen molar-refractivity contribution in [1.29, 1.82) is 0 Å². The summed E-state index contributed by atoms with van der Waals surface area (Å²) in [6.07, 6.45) is 3.01. The highest BCUT2D eigenvalue weighted by Gasteiger charge is 2.10. The first kappa shape index (κ1) is 12.9. The van der Waals surface area contributed by atoms with Crippen LogP contribution in [0.25, 0.3) is 0 Å². The number of hydrogen-bond donors (Lipinski definition) is 2. The first-order chi connectivity index (χ1) is 8.56. The van der Waals surface area contributed by atoms with Gasteiger partial charge in [0.05, 0.1) is 11.3 Å². The fraction of sp³-hybridized carbons (Fsp3) is 0. The van der Waals surface area contributed by atoms with Gasteiger partial charge in [-0.25, -0.2) is 0 Å². The normalized spacial score (nSPS) is 10.1. The predicted molar refractivity (Wildman–Crippen MR) is 73.0 cm³/mol. The maximum atomic E-state index is 11.9. The molecule has 1 heterocycles. The predicted octanol–water partition coefficient (Wildman–Crippen LogP) is 3.46. The highest BCUT2D eigenvalue weighted by atomic mass is 79.9. The molecule has 0 saturated carbocycles. The summed E-state index contributed by atoms with van der Waals surface area (Å²) in [5.74, 6) is -0.419. The standard InChI is InChI=1S/C12H8BrClN2O2/c13-8-3-7(5-15-6-8)12(18)16-10-4-9(14)1-2-11(10)17/h1-6,17H,(H,16,18). The van der Waals surface area contributed by atoms with Gasteiger partial charge in [-0.2, -0.15) is 0 Å². The molecule has 0 radical (unpaired) electrons. The number of aromatic hydroxyl groups is 1. The Kier molecular flexibility index (Phi) is 3.84. The Morgan fingerprint density at radius 2 is 2.11 bits per heavy atom. The summed E-state index contributed by atoms with van der Waals surface area (Å²) in [4.78, 5) is 15.8. The van der Waals surface area contributed by atoms with E-state index in [2.05, 4.69) is 26.2 Å². The van der Waals surface area contributed by atoms with Gasteiger partial charge in [-0.1, -0.05) is 11.6 Å². The van der Waals surface area contributed by atoms with E-state index in [4.69, 9.17) is 11.6 Å². The molecule has 1 aromatic carbocycles. The van der Waals surface area contributed by atoms with Crippen LogP contribution >= 0.6 is 27.5 Å². The molecule has 4 nitrogen and oxygen atoms in total. The summed E-state index contributed by atoms with van der Waals surface area (Å²) in [7, 11) is 0. The highest BCUT2D eigenvalue weighted by Crippen LogP contribution is 2.27. The largest absolute Gasteiger partial charge is 0.506 e. The van der Waals surface area contributed by atoms with Crippen LogP contribution in [0.1, 0.15) is 10.4 Å². The quantitative estimate of drug-likeness (QED) is 0.830. The molecule has 0 aliphatic carbocycles. The Hall–Kier alpha value is -1.59. The lowest BCUT2D eigenvalue weighted by atomic mass is 10.2. The molecular weight excluding hydrogens is 320 g/mol. The van der Waals surface area contributed by atoms with Crippen LogP contribution in [0.4, 0.5) is 5.69 Å². The van der Waals surface area contributed by atoms with Gasteiger partial charge >= 0.3 is 0 Å². The minimum Gasteiger partial charge on any atom is -0.506 e. The zero-order valence-corrected chi connectivity index (χ0v) is 11.4. The number of rotatable bonds is 2. The molecule has 0 bridgehead atoms. The molecule has 0 saturated heterocycles. The third-order valence-electron chi connectivity index (χ3n) is 2.17. The van der Waals surface area contributed by atoms with Crippen LogP contribution in [0.5, 0.6) is 5.75 Å². The zero-order valence-electron chi connectivity index (χ0n) is 9.02. The molecule has 18 heavy (non-hydrogen) atoms. The Bertz CT molecular complexity index is 604. The van der Waals surface area contributed by atoms with E-state index in [0.29, 0.717) is 15.1 Å². The fourth-order valence-corrected chi connectivity index (χ4v) is 1.88. The van der Waals surface area contributed by atoms with Crippen molar-refractivity contribution in [2.75, 3.05) is 5.32 Å². The van der Waals surface area contributed by atoms with Crippen molar-refractivity contribution in [3.8, 4) is 5.75 Å². The monoisotopic (exact) mass is 326 g/mol. The van der Waals surface area contributed by atoms with Gasteiger partial charge in [0.15, 0.2) is 0 Å². The lowest BCUT2D eigenvalue weighted by Crippen LogP contribution is -2.12. The number of halogens is 2. The average Bonchev–Trinajstić information content (AvgIpc) is 2.34. The van der Waals surface area contributed by atoms with Crippen LogP contribution in [-0.4, -0.2) is 16.0 Å². The van der Waals surface area contributed by atoms with Crippen LogP contribution in [0, 0.1) is 0 Å². The van der Waals surface area contributed by atoms with Crippen molar-refractivity contribution in [3.63, 3.8) is 0 Å². The van der Waals surface area contributed by atoms with E-state index < -0.39 is 0 Å². The van der Waals surface area contributed by atoms with Crippen LogP contribution in [-0.2, 0) is 0 Å². The molecule has 0 unspecified atom stereocenters. The van der Waals surface area contributed by atoms with Crippen LogP contribution in [0.2, 0.25) is 5.02 Å². The number of hydrogen-bond acceptors (Lipinski definition) is 3. The smallest absolute Gasteiger partial charge is 0.257 e. The van der Waals surface area contributed by atoms with E-state index in [9.17, 15) is 9.90 Å². The molecule has 0 atom stereocenters. The SMILES string of the molecule is O=C(Nc1cc(Cl)ccc1O)c1cncc(Br)c1. The number of anilines is 1. The number of phenols is 1. The number of carbonyl (C=O) groups is 1. The average molecular weight is 328 g/mol. The summed E-state index contributed by atoms with van der Waals surface area (Å²) in [5, 5.41) is 12.6. The van der Waals surface area contributed by atoms with E-state index in [1.807, 2.05) is 0 Å². The molecular formula is C12H8BrClN2O2. The second-order valence-electron chi connectivity index (χ2n) is 3.51. The maximum Gasteiger partial charge on any atom is 0.257 e. The molecule has 0 spiro atoms. The van der Waals surface area contributed by atoms with Crippen molar-refractivity contribution in [3.05, 3.63) is 51.7 Å². The topological polar surface area (TPSA) is 62.2 Å². The van der Waals surface area contributed by atoms with E-state index in [1.165, 1.54) is 24.4 Å². The number of carbonyl (C=O) groups excluding carboxylic acids is 1. The number of nitrogens with one attached hydrogen (secondary N) is 1. The summed E-state index contributed by atoms with van der Waals surface area (Å²) < 4.78 is 0.700. The van der Waals surface area contributed by atoms with Gasteiger partial charge in [-0.05, 0) is 40.2 Å². The van der Waals surface area contributed by atoms with Crippen LogP contribution in [0.3, 0.4) is 0 Å². The number of phenolic OH excluding ortho intramolecular Hbond substituents is 1. The maximum absolute atomic E-state index is 11.9. The van der Waals surface area contributed by atoms with Crippen molar-refractivity contribution in [2.24, 2.45) is 0 Å². The second kappa shape index (κ2) is 5.37. The Morgan fingerprint density at radius 1 is 1.33 bits per heavy atom. The van der Waals surface area contributed by atoms with Gasteiger partial charge in [0, 0.05) is 21.9 Å². The third-order valence-corrected chi connectivity index (χ3v) is 2.84. The van der Waals surface area contributed by atoms with Crippen molar-refractivity contribution in [2.45, 2.75) is 0 Å². The van der Waals surface area contributed by atoms with E-state index in [1.54, 1.807) is 12.3 Å². The Balaban J connectivity index is 2.24. The molecule has 6 heteroatoms. The van der Waals surface area contributed by atoms with Gasteiger partial charge in [-0.3, -0.25) is 9.78 Å². The third kappa shape index (κ3) is 3.00. The lowest BCUT2D eigenvalue weighted by Gasteiger charge is -2.07. The molecule has 0 aliphatic rings. The molecule has 0 fully saturated rings. The molecule has 2 rings (SSSR count). The van der Waals surface area contributed by atoms with E-state index in [-0.39, 0.29) is 17.3 Å². The van der Waals surface area contributed by atoms with Crippen molar-refractivity contribution < 1.29 is 9.90 Å². The Morgan fingerprint density at radius 3 is 2.83 bits per heavy atom. The zero-order chi connectivity index (χ0) is 13.1. The van der Waals surface area contributed by atoms with Crippen LogP contribution in [0.15, 0.2) is 41.1 Å². The minimum absolute atomic E-state index is 0.0456. The van der Waals surface area contributed by atoms with Gasteiger partial charge < -0.3 is 10.4 Å². The number of amides is 1. The lowest BCUT2D eigenvalue weighted by molar-refractivity contribution is 0.102. The molecule has 1 aromatic heterocycles. The van der Waals surface area contributed by atoms with Gasteiger partial charge in [0.2, 0.25) is 0 Å². The second-order valence-corrected chi connectivity index (χ2v) is 4.86. The first-order valence-electron chi connectivity index (χ1n) is 4.96. The highest BCUT2D eigenvalue weighted by molar-refractivity contribution is 9.10. The summed E-state index contributed by atoms with van der Waals surface area (Å²) >= 11 is 9.02. The Labute approximate surface area is 117 Å². The molecule has 0 aliphatic heterocycles. The van der Waals surface area contributed by atoms with Crippen molar-refractivity contribution >= 4 is 39.1 Å². The number of pyridine rings is 1. The summed E-state index contributed by atoms with van der Waals surface area (Å²) in [5.41, 5.74) is 0.635. The van der Waals surface area contributed by atoms with Crippen LogP contribution < -0.4 is 5.32 Å². The number of benzene rings is 1. The van der Waals surface area contributed by atoms with Gasteiger partial charge in [0.25, 0.3) is 5.91 Å². The van der Waals surface area contributed by atoms with E-state index in [0.717, 1.165) is 0 Å². The number of nitrogens with zero attached hydrogens (tertiary/aromatic N) is 1. The molecule has 1 amide bonds. The first-order valence-corrected chi connectivity index (χ1v) is 6.14. The van der Waals surface area contributed by atoms with Gasteiger partial charge in [-0.15, -0.1) is 0 Å². The summed E-state index contributed by atoms with van der Waals surface area (Å²) in [6, 6.07) is 6.05. The van der Waals surface area contributed by atoms with Gasteiger partial charge in [0.1, 0.15) is 5.75 Å². The number of aromatic nitrogens is 1. The molecule has 92 valence electrons. The molecule has 2 aromatic rings. The summed E-state index contributed by atoms with van der Waals surface area (Å²) in [6.45, 7) is 0. The van der Waals surface area contributed by atoms with Crippen molar-refractivity contribution in [1.82, 2.24) is 4.98 Å².